The summed E-state index contributed by atoms with van der Waals surface area (Å²) in [5, 5.41) is 0. The van der Waals surface area contributed by atoms with E-state index in [1.54, 1.807) is 12.4 Å². The maximum atomic E-state index is 5.58. The fraction of sp³-hybridized carbons (Fsp3) is 0.214. The van der Waals surface area contributed by atoms with Gasteiger partial charge >= 0.3 is 0 Å². The summed E-state index contributed by atoms with van der Waals surface area (Å²) in [5.74, 6) is 0.707. The molecule has 0 aliphatic heterocycles. The van der Waals surface area contributed by atoms with Gasteiger partial charge in [-0.05, 0) is 37.1 Å². The quantitative estimate of drug-likeness (QED) is 0.768. The zero-order chi connectivity index (χ0) is 13.1. The lowest BCUT2D eigenvalue weighted by atomic mass is 10.0. The van der Waals surface area contributed by atoms with Gasteiger partial charge in [0.2, 0.25) is 5.78 Å². The number of pyridine rings is 1. The Kier molecular flexibility index (Phi) is 3.20. The minimum Gasteiger partial charge on any atom is -0.330 e. The van der Waals surface area contributed by atoms with Gasteiger partial charge in [-0.2, -0.15) is 0 Å². The van der Waals surface area contributed by atoms with E-state index < -0.39 is 0 Å². The number of nitrogens with two attached hydrogens (primary N) is 1. The molecule has 0 fully saturated rings. The van der Waals surface area contributed by atoms with Crippen LogP contribution < -0.4 is 5.73 Å². The molecule has 0 amide bonds. The molecule has 0 aliphatic rings. The van der Waals surface area contributed by atoms with Crippen LogP contribution in [0.1, 0.15) is 12.0 Å². The number of nitrogens with zero attached hydrogens (tertiary/aromatic N) is 4. The Labute approximate surface area is 111 Å². The first-order valence-corrected chi connectivity index (χ1v) is 6.31. The molecule has 0 spiro atoms. The molecule has 19 heavy (non-hydrogen) atoms. The van der Waals surface area contributed by atoms with Crippen LogP contribution >= 0.6 is 0 Å². The van der Waals surface area contributed by atoms with E-state index in [4.69, 9.17) is 5.73 Å². The zero-order valence-electron chi connectivity index (χ0n) is 10.5. The summed E-state index contributed by atoms with van der Waals surface area (Å²) >= 11 is 0. The average molecular weight is 253 g/mol. The van der Waals surface area contributed by atoms with Gasteiger partial charge in [0.25, 0.3) is 0 Å². The predicted molar refractivity (Wildman–Crippen MR) is 73.6 cm³/mol. The lowest BCUT2D eigenvalue weighted by molar-refractivity contribution is 0.829. The van der Waals surface area contributed by atoms with Crippen LogP contribution in [0.3, 0.4) is 0 Å². The van der Waals surface area contributed by atoms with Crippen molar-refractivity contribution in [2.24, 2.45) is 5.73 Å². The summed E-state index contributed by atoms with van der Waals surface area (Å²) in [7, 11) is 0. The van der Waals surface area contributed by atoms with Crippen LogP contribution in [0.5, 0.6) is 0 Å². The van der Waals surface area contributed by atoms with Gasteiger partial charge in [0.15, 0.2) is 0 Å². The van der Waals surface area contributed by atoms with Crippen molar-refractivity contribution in [3.63, 3.8) is 0 Å². The minimum atomic E-state index is 0.682. The molecule has 0 radical (unpaired) electrons. The van der Waals surface area contributed by atoms with Crippen molar-refractivity contribution in [3.05, 3.63) is 48.7 Å². The van der Waals surface area contributed by atoms with Crippen molar-refractivity contribution in [3.8, 4) is 11.3 Å². The van der Waals surface area contributed by atoms with Crippen LogP contribution in [0, 0.1) is 0 Å². The summed E-state index contributed by atoms with van der Waals surface area (Å²) in [6, 6.07) is 3.99. The zero-order valence-corrected chi connectivity index (χ0v) is 10.5. The van der Waals surface area contributed by atoms with E-state index in [1.165, 1.54) is 5.56 Å². The molecule has 0 bridgehead atoms. The standard InChI is InChI=1S/C14H15N5/c15-5-1-2-11-10-16-6-3-12(11)13-4-8-19-9-7-17-14(19)18-13/h3-4,6-10H,1-2,5,15H2. The van der Waals surface area contributed by atoms with Gasteiger partial charge in [-0.15, -0.1) is 0 Å². The van der Waals surface area contributed by atoms with Crippen molar-refractivity contribution >= 4 is 5.78 Å². The highest BCUT2D eigenvalue weighted by Crippen LogP contribution is 2.22. The molecule has 0 unspecified atom stereocenters. The van der Waals surface area contributed by atoms with Gasteiger partial charge in [-0.25, -0.2) is 9.97 Å². The highest BCUT2D eigenvalue weighted by molar-refractivity contribution is 5.64. The number of imidazole rings is 1. The van der Waals surface area contributed by atoms with E-state index in [0.717, 1.165) is 24.1 Å². The van der Waals surface area contributed by atoms with Gasteiger partial charge in [-0.3, -0.25) is 9.38 Å². The fourth-order valence-corrected chi connectivity index (χ4v) is 2.12. The smallest absolute Gasteiger partial charge is 0.234 e. The Balaban J connectivity index is 2.04. The first kappa shape index (κ1) is 11.8. The van der Waals surface area contributed by atoms with E-state index in [-0.39, 0.29) is 0 Å². The number of fused-ring (bicyclic) bond motifs is 1. The van der Waals surface area contributed by atoms with Crippen LogP contribution in [0.15, 0.2) is 43.1 Å². The molecule has 0 aromatic carbocycles. The maximum Gasteiger partial charge on any atom is 0.234 e. The van der Waals surface area contributed by atoms with Crippen molar-refractivity contribution in [1.82, 2.24) is 19.4 Å². The number of hydrogen-bond donors (Lipinski definition) is 1. The number of hydrogen-bond acceptors (Lipinski definition) is 4. The lowest BCUT2D eigenvalue weighted by Crippen LogP contribution is -2.02. The summed E-state index contributed by atoms with van der Waals surface area (Å²) < 4.78 is 1.89. The van der Waals surface area contributed by atoms with Gasteiger partial charge in [-0.1, -0.05) is 0 Å². The van der Waals surface area contributed by atoms with E-state index in [0.29, 0.717) is 12.3 Å². The van der Waals surface area contributed by atoms with Crippen molar-refractivity contribution < 1.29 is 0 Å². The molecule has 3 aromatic heterocycles. The maximum absolute atomic E-state index is 5.58. The topological polar surface area (TPSA) is 69.1 Å². The van der Waals surface area contributed by atoms with Crippen molar-refractivity contribution in [1.29, 1.82) is 0 Å². The molecule has 3 heterocycles. The van der Waals surface area contributed by atoms with Crippen LogP contribution in [-0.4, -0.2) is 25.9 Å². The Morgan fingerprint density at radius 3 is 3.00 bits per heavy atom. The van der Waals surface area contributed by atoms with Gasteiger partial charge in [0, 0.05) is 36.5 Å². The van der Waals surface area contributed by atoms with Crippen molar-refractivity contribution in [2.75, 3.05) is 6.54 Å². The summed E-state index contributed by atoms with van der Waals surface area (Å²) in [6.45, 7) is 0.682. The Morgan fingerprint density at radius 1 is 1.16 bits per heavy atom. The second-order valence-electron chi connectivity index (χ2n) is 4.37. The summed E-state index contributed by atoms with van der Waals surface area (Å²) in [6.07, 6.45) is 11.1. The third-order valence-electron chi connectivity index (χ3n) is 3.09. The van der Waals surface area contributed by atoms with E-state index in [2.05, 4.69) is 15.0 Å². The number of aromatic nitrogens is 4. The normalized spacial score (nSPS) is 11.0. The first-order chi connectivity index (χ1) is 9.38. The number of rotatable bonds is 4. The highest BCUT2D eigenvalue weighted by Gasteiger charge is 2.07. The molecule has 0 aliphatic carbocycles. The molecule has 3 rings (SSSR count). The van der Waals surface area contributed by atoms with Crippen LogP contribution in [0.2, 0.25) is 0 Å². The third kappa shape index (κ3) is 2.32. The SMILES string of the molecule is NCCCc1cnccc1-c1ccn2ccnc2n1. The highest BCUT2D eigenvalue weighted by atomic mass is 15.1. The molecular weight excluding hydrogens is 238 g/mol. The van der Waals surface area contributed by atoms with E-state index >= 15 is 0 Å². The molecular formula is C14H15N5. The Hall–Kier alpha value is -2.27. The van der Waals surface area contributed by atoms with Gasteiger partial charge < -0.3 is 5.73 Å². The molecule has 0 saturated heterocycles. The Morgan fingerprint density at radius 2 is 2.11 bits per heavy atom. The molecule has 3 aromatic rings. The van der Waals surface area contributed by atoms with Crippen LogP contribution in [0.25, 0.3) is 17.0 Å². The summed E-state index contributed by atoms with van der Waals surface area (Å²) in [5.41, 5.74) is 8.78. The first-order valence-electron chi connectivity index (χ1n) is 6.31. The van der Waals surface area contributed by atoms with Gasteiger partial charge in [0.1, 0.15) is 0 Å². The second-order valence-corrected chi connectivity index (χ2v) is 4.37. The second kappa shape index (κ2) is 5.16. The molecule has 96 valence electrons. The molecule has 0 atom stereocenters. The predicted octanol–water partition coefficient (Wildman–Crippen LogP) is 1.68. The fourth-order valence-electron chi connectivity index (χ4n) is 2.12. The molecule has 0 saturated carbocycles. The molecule has 5 heteroatoms. The molecule has 2 N–H and O–H groups in total. The monoisotopic (exact) mass is 253 g/mol. The van der Waals surface area contributed by atoms with Crippen LogP contribution in [-0.2, 0) is 6.42 Å². The number of aryl methyl sites for hydroxylation is 1. The van der Waals surface area contributed by atoms with Crippen molar-refractivity contribution in [2.45, 2.75) is 12.8 Å². The largest absolute Gasteiger partial charge is 0.330 e. The van der Waals surface area contributed by atoms with Crippen LogP contribution in [0.4, 0.5) is 0 Å². The summed E-state index contributed by atoms with van der Waals surface area (Å²) in [4.78, 5) is 13.0. The van der Waals surface area contributed by atoms with Gasteiger partial charge in [0.05, 0.1) is 5.69 Å². The van der Waals surface area contributed by atoms with E-state index in [1.807, 2.05) is 35.1 Å². The van der Waals surface area contributed by atoms with E-state index in [9.17, 15) is 0 Å². The molecule has 5 nitrogen and oxygen atoms in total. The lowest BCUT2D eigenvalue weighted by Gasteiger charge is -2.08. The average Bonchev–Trinajstić information content (AvgIpc) is 2.92. The minimum absolute atomic E-state index is 0.682. The third-order valence-corrected chi connectivity index (χ3v) is 3.09. The Bertz CT molecular complexity index is 689.